The molecule has 0 aliphatic heterocycles. The van der Waals surface area contributed by atoms with Gasteiger partial charge in [0.2, 0.25) is 0 Å². The lowest BCUT2D eigenvalue weighted by atomic mass is 9.61. The molecule has 0 saturated heterocycles. The van der Waals surface area contributed by atoms with E-state index in [1.54, 1.807) is 11.1 Å². The van der Waals surface area contributed by atoms with E-state index in [2.05, 4.69) is 90.3 Å². The van der Waals surface area contributed by atoms with E-state index in [0.717, 1.165) is 48.3 Å². The molecule has 0 aromatic carbocycles. The van der Waals surface area contributed by atoms with Gasteiger partial charge >= 0.3 is 0 Å². The van der Waals surface area contributed by atoms with E-state index < -0.39 is 5.60 Å². The Bertz CT molecular complexity index is 832. The van der Waals surface area contributed by atoms with Crippen LogP contribution >= 0.6 is 31.9 Å². The van der Waals surface area contributed by atoms with E-state index in [9.17, 15) is 5.11 Å². The molecule has 0 spiro atoms. The standard InChI is InChI=1S/C20H35Br.C19H33BrO.CH4/c1-15(8-6-12-19(2,3)4)17-10-11-18-16(14-21)9-7-13-20(17,18)5;1-14(7-5-11-18(2,3)21)16-9-10-17-15(13-20)8-6-12-19(16,17)4;/h14-15,17-18H,6-13H2,1-5H3;13-14,16-17,21H,5-12H2,1-4H3;1H4/b16-14+;15-13+;/t15-,17-,18+,20-;14-,16-,17+,19-;/m11./s1. The quantitative estimate of drug-likeness (QED) is 0.251. The minimum Gasteiger partial charge on any atom is -0.390 e. The molecule has 0 amide bonds. The van der Waals surface area contributed by atoms with Gasteiger partial charge in [0.25, 0.3) is 0 Å². The van der Waals surface area contributed by atoms with Crippen LogP contribution in [0.3, 0.4) is 0 Å². The van der Waals surface area contributed by atoms with Gasteiger partial charge in [0, 0.05) is 0 Å². The van der Waals surface area contributed by atoms with Gasteiger partial charge in [0.1, 0.15) is 0 Å². The molecule has 8 atom stereocenters. The highest BCUT2D eigenvalue weighted by atomic mass is 79.9. The highest BCUT2D eigenvalue weighted by Gasteiger charge is 2.51. The number of hydrogen-bond donors (Lipinski definition) is 1. The average molecular weight is 729 g/mol. The third-order valence-electron chi connectivity index (χ3n) is 12.8. The first-order valence-corrected chi connectivity index (χ1v) is 19.7. The average Bonchev–Trinajstić information content (AvgIpc) is 3.44. The molecule has 3 heteroatoms. The fourth-order valence-corrected chi connectivity index (χ4v) is 11.6. The maximum Gasteiger partial charge on any atom is 0.0591 e. The first-order valence-electron chi connectivity index (χ1n) is 17.9. The van der Waals surface area contributed by atoms with Gasteiger partial charge in [0.15, 0.2) is 0 Å². The summed E-state index contributed by atoms with van der Waals surface area (Å²) >= 11 is 7.23. The van der Waals surface area contributed by atoms with Crippen LogP contribution in [0, 0.1) is 51.8 Å². The fourth-order valence-electron chi connectivity index (χ4n) is 10.5. The second-order valence-electron chi connectivity index (χ2n) is 17.7. The van der Waals surface area contributed by atoms with Crippen molar-refractivity contribution in [1.82, 2.24) is 0 Å². The summed E-state index contributed by atoms with van der Waals surface area (Å²) in [4.78, 5) is 4.47. The Balaban J connectivity index is 0.000000293. The smallest absolute Gasteiger partial charge is 0.0591 e. The molecule has 4 aliphatic rings. The molecule has 4 fully saturated rings. The van der Waals surface area contributed by atoms with Crippen molar-refractivity contribution in [3.8, 4) is 0 Å². The molecule has 0 aromatic heterocycles. The van der Waals surface area contributed by atoms with Crippen molar-refractivity contribution in [2.45, 2.75) is 178 Å². The maximum atomic E-state index is 9.89. The number of rotatable bonds is 9. The number of allylic oxidation sites excluding steroid dienone is 2. The van der Waals surface area contributed by atoms with Crippen LogP contribution in [0.25, 0.3) is 0 Å². The molecule has 0 heterocycles. The SMILES string of the molecule is C.C[C@H](CCCC(C)(C)C)[C@H]1CC[C@H]2/C(=C/Br)CCC[C@]12C.C[C@H](CCCC(C)(C)O)[C@H]1CC[C@H]2/C(=C/Br)CCC[C@]12C. The van der Waals surface area contributed by atoms with Crippen LogP contribution in [-0.2, 0) is 0 Å². The lowest BCUT2D eigenvalue weighted by Gasteiger charge is -2.44. The van der Waals surface area contributed by atoms with E-state index in [1.807, 2.05) is 13.8 Å². The lowest BCUT2D eigenvalue weighted by Crippen LogP contribution is -2.36. The molecule has 0 aromatic rings. The summed E-state index contributed by atoms with van der Waals surface area (Å²) in [6.45, 7) is 21.1. The monoisotopic (exact) mass is 726 g/mol. The zero-order chi connectivity index (χ0) is 31.3. The Morgan fingerprint density at radius 2 is 1.14 bits per heavy atom. The van der Waals surface area contributed by atoms with Gasteiger partial charge in [-0.05, 0) is 153 Å². The van der Waals surface area contributed by atoms with E-state index in [0.29, 0.717) is 16.2 Å². The molecule has 0 unspecified atom stereocenters. The third-order valence-corrected chi connectivity index (χ3v) is 13.9. The topological polar surface area (TPSA) is 20.2 Å². The summed E-state index contributed by atoms with van der Waals surface area (Å²) in [5.74, 6) is 5.18. The number of fused-ring (bicyclic) bond motifs is 2. The Morgan fingerprint density at radius 1 is 0.744 bits per heavy atom. The van der Waals surface area contributed by atoms with Gasteiger partial charge in [0.05, 0.1) is 5.60 Å². The zero-order valence-electron chi connectivity index (χ0n) is 29.1. The van der Waals surface area contributed by atoms with Crippen LogP contribution in [0.2, 0.25) is 0 Å². The highest BCUT2D eigenvalue weighted by molar-refractivity contribution is 9.11. The molecule has 0 radical (unpaired) electrons. The van der Waals surface area contributed by atoms with Crippen LogP contribution in [-0.4, -0.2) is 10.7 Å². The normalized spacial score (nSPS) is 35.9. The molecule has 4 rings (SSSR count). The van der Waals surface area contributed by atoms with E-state index in [1.165, 1.54) is 89.9 Å². The predicted molar refractivity (Wildman–Crippen MR) is 199 cm³/mol. The first kappa shape index (κ1) is 39.6. The minimum absolute atomic E-state index is 0. The molecule has 43 heavy (non-hydrogen) atoms. The summed E-state index contributed by atoms with van der Waals surface area (Å²) < 4.78 is 0. The van der Waals surface area contributed by atoms with Gasteiger partial charge in [-0.25, -0.2) is 0 Å². The lowest BCUT2D eigenvalue weighted by molar-refractivity contribution is 0.0597. The van der Waals surface area contributed by atoms with Crippen molar-refractivity contribution in [1.29, 1.82) is 0 Å². The van der Waals surface area contributed by atoms with Crippen molar-refractivity contribution < 1.29 is 5.11 Å². The second-order valence-corrected chi connectivity index (χ2v) is 18.6. The predicted octanol–water partition coefficient (Wildman–Crippen LogP) is 14.0. The molecule has 4 saturated carbocycles. The van der Waals surface area contributed by atoms with Crippen LogP contribution in [0.1, 0.15) is 172 Å². The Kier molecular flexibility index (Phi) is 15.2. The summed E-state index contributed by atoms with van der Waals surface area (Å²) in [5.41, 5.74) is 4.46. The van der Waals surface area contributed by atoms with E-state index in [-0.39, 0.29) is 7.43 Å². The largest absolute Gasteiger partial charge is 0.390 e. The molecule has 252 valence electrons. The van der Waals surface area contributed by atoms with Crippen molar-refractivity contribution in [2.24, 2.45) is 51.8 Å². The summed E-state index contributed by atoms with van der Waals surface area (Å²) in [5, 5.41) is 9.89. The summed E-state index contributed by atoms with van der Waals surface area (Å²) in [6, 6.07) is 0. The Morgan fingerprint density at radius 3 is 1.49 bits per heavy atom. The van der Waals surface area contributed by atoms with E-state index >= 15 is 0 Å². The molecule has 4 aliphatic carbocycles. The molecular formula is C40H72Br2O. The van der Waals surface area contributed by atoms with Gasteiger partial charge < -0.3 is 5.11 Å². The Hall–Kier alpha value is 0.400. The third kappa shape index (κ3) is 10.2. The summed E-state index contributed by atoms with van der Waals surface area (Å²) in [7, 11) is 0. The van der Waals surface area contributed by atoms with E-state index in [4.69, 9.17) is 0 Å². The Labute approximate surface area is 286 Å². The van der Waals surface area contributed by atoms with Gasteiger partial charge in [-0.3, -0.25) is 0 Å². The van der Waals surface area contributed by atoms with Crippen molar-refractivity contribution >= 4 is 31.9 Å². The molecule has 1 nitrogen and oxygen atoms in total. The van der Waals surface area contributed by atoms with Gasteiger partial charge in [-0.15, -0.1) is 0 Å². The van der Waals surface area contributed by atoms with Crippen molar-refractivity contribution in [3.05, 3.63) is 21.1 Å². The van der Waals surface area contributed by atoms with Crippen molar-refractivity contribution in [3.63, 3.8) is 0 Å². The molecular weight excluding hydrogens is 656 g/mol. The fraction of sp³-hybridized carbons (Fsp3) is 0.900. The number of halogens is 2. The van der Waals surface area contributed by atoms with Crippen molar-refractivity contribution in [2.75, 3.05) is 0 Å². The highest BCUT2D eigenvalue weighted by Crippen LogP contribution is 2.61. The number of hydrogen-bond acceptors (Lipinski definition) is 1. The molecule has 0 bridgehead atoms. The molecule has 1 N–H and O–H groups in total. The van der Waals surface area contributed by atoms with Crippen LogP contribution in [0.5, 0.6) is 0 Å². The maximum absolute atomic E-state index is 9.89. The van der Waals surface area contributed by atoms with Crippen LogP contribution in [0.15, 0.2) is 21.1 Å². The van der Waals surface area contributed by atoms with Gasteiger partial charge in [-0.1, -0.05) is 125 Å². The second kappa shape index (κ2) is 16.5. The zero-order valence-corrected chi connectivity index (χ0v) is 32.3. The summed E-state index contributed by atoms with van der Waals surface area (Å²) in [6.07, 6.45) is 21.5. The number of aliphatic hydroxyl groups is 1. The van der Waals surface area contributed by atoms with Gasteiger partial charge in [-0.2, -0.15) is 0 Å². The van der Waals surface area contributed by atoms with Crippen LogP contribution in [0.4, 0.5) is 0 Å². The minimum atomic E-state index is -0.501. The first-order chi connectivity index (χ1) is 19.6. The van der Waals surface area contributed by atoms with Crippen LogP contribution < -0.4 is 0 Å².